The summed E-state index contributed by atoms with van der Waals surface area (Å²) in [5.74, 6) is 1.01. The second-order valence-corrected chi connectivity index (χ2v) is 6.66. The molecule has 0 amide bonds. The first-order valence-corrected chi connectivity index (χ1v) is 9.09. The number of nitrogens with zero attached hydrogens (tertiary/aromatic N) is 3. The van der Waals surface area contributed by atoms with Gasteiger partial charge >= 0.3 is 0 Å². The van der Waals surface area contributed by atoms with Gasteiger partial charge in [-0.1, -0.05) is 60.7 Å². The zero-order valence-corrected chi connectivity index (χ0v) is 15.5. The fourth-order valence-electron chi connectivity index (χ4n) is 2.93. The Kier molecular flexibility index (Phi) is 4.60. The van der Waals surface area contributed by atoms with E-state index in [9.17, 15) is 0 Å². The van der Waals surface area contributed by atoms with E-state index in [2.05, 4.69) is 96.4 Å². The Morgan fingerprint density at radius 1 is 0.920 bits per heavy atom. The molecule has 0 spiro atoms. The summed E-state index contributed by atoms with van der Waals surface area (Å²) < 4.78 is 0.677. The van der Waals surface area contributed by atoms with E-state index in [1.807, 2.05) is 12.1 Å². The molecule has 2 aromatic heterocycles. The normalized spacial score (nSPS) is 11.1. The van der Waals surface area contributed by atoms with Gasteiger partial charge in [0.25, 0.3) is 0 Å². The number of H-pyrrole nitrogens is 1. The molecule has 5 nitrogen and oxygen atoms in total. The van der Waals surface area contributed by atoms with Gasteiger partial charge in [-0.15, -0.1) is 0 Å². The molecule has 0 fully saturated rings. The van der Waals surface area contributed by atoms with Gasteiger partial charge in [-0.05, 0) is 11.1 Å². The molecular formula is C19H16IN5. The molecule has 4 aromatic rings. The van der Waals surface area contributed by atoms with E-state index >= 15 is 0 Å². The van der Waals surface area contributed by atoms with Gasteiger partial charge in [0.15, 0.2) is 15.3 Å². The van der Waals surface area contributed by atoms with Gasteiger partial charge in [-0.3, -0.25) is 0 Å². The third-order valence-electron chi connectivity index (χ3n) is 4.14. The number of fused-ring (bicyclic) bond motifs is 1. The lowest BCUT2D eigenvalue weighted by atomic mass is 9.91. The van der Waals surface area contributed by atoms with Crippen molar-refractivity contribution in [3.63, 3.8) is 0 Å². The molecule has 0 unspecified atom stereocenters. The summed E-state index contributed by atoms with van der Waals surface area (Å²) in [5.41, 5.74) is 4.05. The van der Waals surface area contributed by atoms with Gasteiger partial charge < -0.3 is 10.3 Å². The molecule has 0 atom stereocenters. The zero-order valence-electron chi connectivity index (χ0n) is 13.4. The maximum absolute atomic E-state index is 4.53. The Morgan fingerprint density at radius 3 is 2.20 bits per heavy atom. The topological polar surface area (TPSA) is 66.5 Å². The number of aromatic amines is 1. The van der Waals surface area contributed by atoms with E-state index in [1.165, 1.54) is 11.1 Å². The summed E-state index contributed by atoms with van der Waals surface area (Å²) in [6, 6.07) is 21.0. The summed E-state index contributed by atoms with van der Waals surface area (Å²) in [6.07, 6.45) is 1.65. The number of hydrogen-bond donors (Lipinski definition) is 2. The van der Waals surface area contributed by atoms with Crippen molar-refractivity contribution in [2.75, 3.05) is 11.9 Å². The van der Waals surface area contributed by atoms with E-state index in [0.29, 0.717) is 9.48 Å². The average Bonchev–Trinajstić information content (AvgIpc) is 3.12. The monoisotopic (exact) mass is 441 g/mol. The van der Waals surface area contributed by atoms with Crippen molar-refractivity contribution in [3.8, 4) is 0 Å². The van der Waals surface area contributed by atoms with Crippen LogP contribution >= 0.6 is 22.6 Å². The van der Waals surface area contributed by atoms with Crippen molar-refractivity contribution in [2.24, 2.45) is 0 Å². The van der Waals surface area contributed by atoms with Crippen molar-refractivity contribution in [2.45, 2.75) is 5.92 Å². The van der Waals surface area contributed by atoms with Gasteiger partial charge in [-0.2, -0.15) is 0 Å². The number of anilines is 1. The van der Waals surface area contributed by atoms with E-state index in [4.69, 9.17) is 0 Å². The third kappa shape index (κ3) is 3.48. The number of nitrogens with one attached hydrogen (secondary N) is 2. The number of hydrogen-bond acceptors (Lipinski definition) is 4. The fourth-order valence-corrected chi connectivity index (χ4v) is 3.40. The minimum atomic E-state index is 0.230. The lowest BCUT2D eigenvalue weighted by Crippen LogP contribution is -2.15. The molecule has 0 bridgehead atoms. The molecule has 0 saturated heterocycles. The molecule has 2 aromatic carbocycles. The molecule has 0 aliphatic heterocycles. The molecule has 0 radical (unpaired) electrons. The standard InChI is InChI=1S/C19H16IN5/c20-19-24-17(16-18(25-19)23-12-22-16)21-11-15(13-7-3-1-4-8-13)14-9-5-2-6-10-14/h1-10,12,15H,11H2,(H2,21,22,23,24,25). The molecule has 6 heteroatoms. The molecule has 2 heterocycles. The van der Waals surface area contributed by atoms with E-state index in [0.717, 1.165) is 17.9 Å². The van der Waals surface area contributed by atoms with Crippen molar-refractivity contribution >= 4 is 39.6 Å². The average molecular weight is 441 g/mol. The molecule has 0 aliphatic carbocycles. The summed E-state index contributed by atoms with van der Waals surface area (Å²) in [6.45, 7) is 0.731. The second-order valence-electron chi connectivity index (χ2n) is 5.70. The predicted octanol–water partition coefficient (Wildman–Crippen LogP) is 4.20. The van der Waals surface area contributed by atoms with Crippen LogP contribution in [0.15, 0.2) is 67.0 Å². The third-order valence-corrected chi connectivity index (χ3v) is 4.62. The van der Waals surface area contributed by atoms with Gasteiger partial charge in [0.05, 0.1) is 6.33 Å². The minimum Gasteiger partial charge on any atom is -0.367 e. The highest BCUT2D eigenvalue weighted by atomic mass is 127. The van der Waals surface area contributed by atoms with E-state index in [1.54, 1.807) is 6.33 Å². The molecule has 2 N–H and O–H groups in total. The number of rotatable bonds is 5. The summed E-state index contributed by atoms with van der Waals surface area (Å²) in [7, 11) is 0. The molecular weight excluding hydrogens is 425 g/mol. The van der Waals surface area contributed by atoms with Crippen LogP contribution in [0.25, 0.3) is 11.2 Å². The SMILES string of the molecule is Ic1nc(NCC(c2ccccc2)c2ccccc2)c2[nH]cnc2n1. The first kappa shape index (κ1) is 16.0. The highest BCUT2D eigenvalue weighted by Crippen LogP contribution is 2.26. The first-order valence-electron chi connectivity index (χ1n) is 8.01. The van der Waals surface area contributed by atoms with Crippen LogP contribution in [0.4, 0.5) is 5.82 Å². The van der Waals surface area contributed by atoms with Crippen LogP contribution in [0.1, 0.15) is 17.0 Å². The smallest absolute Gasteiger partial charge is 0.194 e. The van der Waals surface area contributed by atoms with Crippen LogP contribution < -0.4 is 5.32 Å². The second kappa shape index (κ2) is 7.18. The maximum atomic E-state index is 4.53. The van der Waals surface area contributed by atoms with Crippen LogP contribution in [-0.2, 0) is 0 Å². The van der Waals surface area contributed by atoms with Crippen molar-refractivity contribution < 1.29 is 0 Å². The maximum Gasteiger partial charge on any atom is 0.194 e. The number of halogens is 1. The Labute approximate surface area is 159 Å². The minimum absolute atomic E-state index is 0.230. The number of aromatic nitrogens is 4. The highest BCUT2D eigenvalue weighted by molar-refractivity contribution is 14.1. The fraction of sp³-hybridized carbons (Fsp3) is 0.105. The number of imidazole rings is 1. The lowest BCUT2D eigenvalue weighted by Gasteiger charge is -2.19. The Bertz CT molecular complexity index is 929. The van der Waals surface area contributed by atoms with Crippen molar-refractivity contribution in [1.29, 1.82) is 0 Å². The van der Waals surface area contributed by atoms with Crippen LogP contribution in [0.5, 0.6) is 0 Å². The Hall–Kier alpha value is -2.48. The Morgan fingerprint density at radius 2 is 1.56 bits per heavy atom. The summed E-state index contributed by atoms with van der Waals surface area (Å²) in [4.78, 5) is 16.2. The summed E-state index contributed by atoms with van der Waals surface area (Å²) >= 11 is 2.12. The zero-order chi connectivity index (χ0) is 17.1. The Balaban J connectivity index is 1.66. The van der Waals surface area contributed by atoms with Crippen LogP contribution in [0, 0.1) is 3.83 Å². The van der Waals surface area contributed by atoms with Gasteiger partial charge in [0.1, 0.15) is 5.52 Å². The molecule has 25 heavy (non-hydrogen) atoms. The summed E-state index contributed by atoms with van der Waals surface area (Å²) in [5, 5.41) is 3.48. The predicted molar refractivity (Wildman–Crippen MR) is 108 cm³/mol. The molecule has 0 saturated carbocycles. The molecule has 124 valence electrons. The quantitative estimate of drug-likeness (QED) is 0.360. The lowest BCUT2D eigenvalue weighted by molar-refractivity contribution is 0.848. The highest BCUT2D eigenvalue weighted by Gasteiger charge is 2.15. The van der Waals surface area contributed by atoms with Crippen molar-refractivity contribution in [3.05, 3.63) is 81.9 Å². The number of benzene rings is 2. The van der Waals surface area contributed by atoms with Crippen LogP contribution in [0.2, 0.25) is 0 Å². The van der Waals surface area contributed by atoms with Gasteiger partial charge in [0.2, 0.25) is 0 Å². The van der Waals surface area contributed by atoms with Gasteiger partial charge in [-0.25, -0.2) is 15.0 Å². The van der Waals surface area contributed by atoms with Gasteiger partial charge in [0, 0.05) is 35.1 Å². The van der Waals surface area contributed by atoms with Crippen LogP contribution in [-0.4, -0.2) is 26.5 Å². The molecule has 0 aliphatic rings. The molecule has 4 rings (SSSR count). The largest absolute Gasteiger partial charge is 0.367 e. The van der Waals surface area contributed by atoms with Crippen molar-refractivity contribution in [1.82, 2.24) is 19.9 Å². The van der Waals surface area contributed by atoms with E-state index < -0.39 is 0 Å². The first-order chi connectivity index (χ1) is 12.3. The van der Waals surface area contributed by atoms with Crippen LogP contribution in [0.3, 0.4) is 0 Å². The van der Waals surface area contributed by atoms with E-state index in [-0.39, 0.29) is 5.92 Å².